The quantitative estimate of drug-likeness (QED) is 0.672. The van der Waals surface area contributed by atoms with E-state index in [4.69, 9.17) is 0 Å². The first-order valence-corrected chi connectivity index (χ1v) is 7.82. The van der Waals surface area contributed by atoms with Gasteiger partial charge in [0.15, 0.2) is 0 Å². The molecule has 0 radical (unpaired) electrons. The number of benzene rings is 2. The van der Waals surface area contributed by atoms with Crippen molar-refractivity contribution < 1.29 is 20.1 Å². The third-order valence-corrected chi connectivity index (χ3v) is 4.18. The van der Waals surface area contributed by atoms with Gasteiger partial charge in [-0.15, -0.1) is 0 Å². The summed E-state index contributed by atoms with van der Waals surface area (Å²) in [7, 11) is 0. The summed E-state index contributed by atoms with van der Waals surface area (Å²) in [6, 6.07) is 12.0. The number of aromatic hydroxyl groups is 2. The SMILES string of the molecule is CCc1c(CC(=O)O)c2cc(O)ccc2n1Cc1cccc(O)c1. The van der Waals surface area contributed by atoms with Crippen molar-refractivity contribution in [2.75, 3.05) is 0 Å². The molecular weight excluding hydrogens is 306 g/mol. The Labute approximate surface area is 139 Å². The van der Waals surface area contributed by atoms with E-state index in [9.17, 15) is 20.1 Å². The first-order chi connectivity index (χ1) is 11.5. The van der Waals surface area contributed by atoms with Crippen LogP contribution in [-0.4, -0.2) is 25.9 Å². The van der Waals surface area contributed by atoms with Gasteiger partial charge in [-0.1, -0.05) is 19.1 Å². The van der Waals surface area contributed by atoms with E-state index in [0.29, 0.717) is 13.0 Å². The van der Waals surface area contributed by atoms with Crippen molar-refractivity contribution in [2.24, 2.45) is 0 Å². The monoisotopic (exact) mass is 325 g/mol. The summed E-state index contributed by atoms with van der Waals surface area (Å²) in [6.45, 7) is 2.51. The molecule has 2 aromatic carbocycles. The van der Waals surface area contributed by atoms with Gasteiger partial charge < -0.3 is 19.9 Å². The fourth-order valence-corrected chi connectivity index (χ4v) is 3.24. The lowest BCUT2D eigenvalue weighted by atomic mass is 10.1. The number of hydrogen-bond donors (Lipinski definition) is 3. The molecule has 0 aliphatic carbocycles. The number of carboxylic acids is 1. The number of aromatic nitrogens is 1. The summed E-state index contributed by atoms with van der Waals surface area (Å²) >= 11 is 0. The maximum Gasteiger partial charge on any atom is 0.307 e. The largest absolute Gasteiger partial charge is 0.508 e. The number of fused-ring (bicyclic) bond motifs is 1. The lowest BCUT2D eigenvalue weighted by Crippen LogP contribution is -2.07. The zero-order valence-electron chi connectivity index (χ0n) is 13.4. The molecule has 0 spiro atoms. The van der Waals surface area contributed by atoms with Crippen molar-refractivity contribution >= 4 is 16.9 Å². The molecule has 124 valence electrons. The van der Waals surface area contributed by atoms with Gasteiger partial charge in [0, 0.05) is 23.1 Å². The molecule has 1 aromatic heterocycles. The Hall–Kier alpha value is -2.95. The van der Waals surface area contributed by atoms with Crippen molar-refractivity contribution in [3.8, 4) is 11.5 Å². The molecule has 0 fully saturated rings. The van der Waals surface area contributed by atoms with Gasteiger partial charge in [0.25, 0.3) is 0 Å². The second-order valence-electron chi connectivity index (χ2n) is 5.81. The van der Waals surface area contributed by atoms with E-state index in [1.165, 1.54) is 0 Å². The van der Waals surface area contributed by atoms with E-state index < -0.39 is 5.97 Å². The van der Waals surface area contributed by atoms with Crippen LogP contribution in [0.1, 0.15) is 23.7 Å². The first-order valence-electron chi connectivity index (χ1n) is 7.82. The van der Waals surface area contributed by atoms with Crippen LogP contribution in [0.3, 0.4) is 0 Å². The molecule has 3 N–H and O–H groups in total. The lowest BCUT2D eigenvalue weighted by Gasteiger charge is -2.11. The Morgan fingerprint density at radius 3 is 2.50 bits per heavy atom. The predicted molar refractivity (Wildman–Crippen MR) is 91.5 cm³/mol. The van der Waals surface area contributed by atoms with Crippen LogP contribution in [0.25, 0.3) is 10.9 Å². The molecule has 0 atom stereocenters. The Morgan fingerprint density at radius 2 is 1.83 bits per heavy atom. The number of rotatable bonds is 5. The lowest BCUT2D eigenvalue weighted by molar-refractivity contribution is -0.136. The van der Waals surface area contributed by atoms with Crippen LogP contribution in [0.15, 0.2) is 42.5 Å². The molecular formula is C19H19NO4. The maximum atomic E-state index is 11.3. The molecule has 3 aromatic rings. The van der Waals surface area contributed by atoms with Crippen molar-refractivity contribution in [3.63, 3.8) is 0 Å². The first kappa shape index (κ1) is 15.9. The molecule has 3 rings (SSSR count). The number of phenolic OH excluding ortho intramolecular Hbond substituents is 2. The normalized spacial score (nSPS) is 11.0. The van der Waals surface area contributed by atoms with Gasteiger partial charge >= 0.3 is 5.97 Å². The Morgan fingerprint density at radius 1 is 1.08 bits per heavy atom. The van der Waals surface area contributed by atoms with Crippen LogP contribution in [0.2, 0.25) is 0 Å². The number of nitrogens with zero attached hydrogens (tertiary/aromatic N) is 1. The summed E-state index contributed by atoms with van der Waals surface area (Å²) in [4.78, 5) is 11.3. The second kappa shape index (κ2) is 6.28. The molecule has 0 unspecified atom stereocenters. The highest BCUT2D eigenvalue weighted by Crippen LogP contribution is 2.31. The van der Waals surface area contributed by atoms with Gasteiger partial charge in [-0.3, -0.25) is 4.79 Å². The minimum atomic E-state index is -0.899. The van der Waals surface area contributed by atoms with E-state index >= 15 is 0 Å². The van der Waals surface area contributed by atoms with Gasteiger partial charge in [-0.25, -0.2) is 0 Å². The smallest absolute Gasteiger partial charge is 0.307 e. The van der Waals surface area contributed by atoms with Gasteiger partial charge in [0.1, 0.15) is 11.5 Å². The summed E-state index contributed by atoms with van der Waals surface area (Å²) in [5.41, 5.74) is 3.47. The molecule has 0 amide bonds. The zero-order chi connectivity index (χ0) is 17.3. The Bertz CT molecular complexity index is 911. The van der Waals surface area contributed by atoms with Crippen LogP contribution in [0.4, 0.5) is 0 Å². The molecule has 0 aliphatic heterocycles. The predicted octanol–water partition coefficient (Wildman–Crippen LogP) is 3.29. The zero-order valence-corrected chi connectivity index (χ0v) is 13.4. The van der Waals surface area contributed by atoms with Crippen LogP contribution in [0.5, 0.6) is 11.5 Å². The van der Waals surface area contributed by atoms with Gasteiger partial charge in [0.05, 0.1) is 6.42 Å². The fourth-order valence-electron chi connectivity index (χ4n) is 3.24. The molecule has 0 saturated carbocycles. The number of carbonyl (C=O) groups is 1. The Balaban J connectivity index is 2.20. The van der Waals surface area contributed by atoms with E-state index in [1.54, 1.807) is 36.4 Å². The van der Waals surface area contributed by atoms with Crippen molar-refractivity contribution in [1.29, 1.82) is 0 Å². The summed E-state index contributed by atoms with van der Waals surface area (Å²) in [6.07, 6.45) is 0.590. The fraction of sp³-hybridized carbons (Fsp3) is 0.211. The summed E-state index contributed by atoms with van der Waals surface area (Å²) in [5.74, 6) is -0.582. The van der Waals surface area contributed by atoms with Crippen LogP contribution >= 0.6 is 0 Å². The molecule has 1 heterocycles. The van der Waals surface area contributed by atoms with Gasteiger partial charge in [-0.05, 0) is 47.9 Å². The Kier molecular flexibility index (Phi) is 4.16. The third-order valence-electron chi connectivity index (χ3n) is 4.18. The molecule has 5 nitrogen and oxygen atoms in total. The van der Waals surface area contributed by atoms with E-state index in [0.717, 1.165) is 27.7 Å². The highest BCUT2D eigenvalue weighted by atomic mass is 16.4. The van der Waals surface area contributed by atoms with E-state index in [2.05, 4.69) is 4.57 Å². The van der Waals surface area contributed by atoms with Crippen LogP contribution < -0.4 is 0 Å². The second-order valence-corrected chi connectivity index (χ2v) is 5.81. The summed E-state index contributed by atoms with van der Waals surface area (Å²) < 4.78 is 2.06. The minimum Gasteiger partial charge on any atom is -0.508 e. The number of hydrogen-bond acceptors (Lipinski definition) is 3. The topological polar surface area (TPSA) is 82.7 Å². The molecule has 5 heteroatoms. The number of carboxylic acid groups (broad SMARTS) is 1. The van der Waals surface area contributed by atoms with Gasteiger partial charge in [-0.2, -0.15) is 0 Å². The third kappa shape index (κ3) is 2.93. The standard InChI is InChI=1S/C19H19NO4/c1-2-17-16(10-19(23)24)15-9-14(22)6-7-18(15)20(17)11-12-4-3-5-13(21)8-12/h3-9,21-22H,2,10-11H2,1H3,(H,23,24). The average Bonchev–Trinajstić information content (AvgIpc) is 2.79. The molecule has 0 aliphatic rings. The summed E-state index contributed by atoms with van der Waals surface area (Å²) in [5, 5.41) is 29.5. The molecule has 0 saturated heterocycles. The number of phenols is 2. The molecule has 0 bridgehead atoms. The van der Waals surface area contributed by atoms with Crippen LogP contribution in [-0.2, 0) is 24.2 Å². The van der Waals surface area contributed by atoms with E-state index in [1.807, 2.05) is 13.0 Å². The van der Waals surface area contributed by atoms with E-state index in [-0.39, 0.29) is 17.9 Å². The highest BCUT2D eigenvalue weighted by Gasteiger charge is 2.18. The average molecular weight is 325 g/mol. The number of aliphatic carboxylic acids is 1. The highest BCUT2D eigenvalue weighted by molar-refractivity contribution is 5.90. The van der Waals surface area contributed by atoms with Crippen LogP contribution in [0, 0.1) is 0 Å². The van der Waals surface area contributed by atoms with Crippen molar-refractivity contribution in [3.05, 3.63) is 59.3 Å². The molecule has 24 heavy (non-hydrogen) atoms. The van der Waals surface area contributed by atoms with Crippen molar-refractivity contribution in [2.45, 2.75) is 26.3 Å². The van der Waals surface area contributed by atoms with Gasteiger partial charge in [0.2, 0.25) is 0 Å². The maximum absolute atomic E-state index is 11.3. The minimum absolute atomic E-state index is 0.0871. The van der Waals surface area contributed by atoms with Crippen molar-refractivity contribution in [1.82, 2.24) is 4.57 Å².